The SMILES string of the molecule is Cc1cc(NC(=S)NC(=O)c2cc([N+](=O)[O-])ccc2N2CCOCC2)ccc1-c1ccc(CO)o1. The minimum atomic E-state index is -0.548. The molecule has 1 aromatic heterocycles. The minimum Gasteiger partial charge on any atom is -0.459 e. The van der Waals surface area contributed by atoms with Gasteiger partial charge in [-0.05, 0) is 61.1 Å². The van der Waals surface area contributed by atoms with E-state index >= 15 is 0 Å². The summed E-state index contributed by atoms with van der Waals surface area (Å²) in [5.41, 5.74) is 2.97. The summed E-state index contributed by atoms with van der Waals surface area (Å²) in [5, 5.41) is 26.1. The Morgan fingerprint density at radius 3 is 2.60 bits per heavy atom. The zero-order chi connectivity index (χ0) is 24.9. The number of nitrogens with one attached hydrogen (secondary N) is 2. The fourth-order valence-electron chi connectivity index (χ4n) is 3.86. The van der Waals surface area contributed by atoms with Crippen LogP contribution in [-0.2, 0) is 11.3 Å². The molecule has 3 aromatic rings. The Balaban J connectivity index is 1.49. The van der Waals surface area contributed by atoms with Crippen LogP contribution in [0.25, 0.3) is 11.3 Å². The van der Waals surface area contributed by atoms with Crippen LogP contribution in [0.4, 0.5) is 17.1 Å². The van der Waals surface area contributed by atoms with Crippen LogP contribution in [0.15, 0.2) is 52.9 Å². The molecule has 1 aliphatic heterocycles. The molecule has 1 aliphatic rings. The monoisotopic (exact) mass is 496 g/mol. The van der Waals surface area contributed by atoms with Crippen molar-refractivity contribution in [3.8, 4) is 11.3 Å². The van der Waals surface area contributed by atoms with Crippen molar-refractivity contribution in [1.29, 1.82) is 0 Å². The van der Waals surface area contributed by atoms with E-state index in [0.717, 1.165) is 11.1 Å². The van der Waals surface area contributed by atoms with E-state index in [-0.39, 0.29) is 23.0 Å². The van der Waals surface area contributed by atoms with Gasteiger partial charge in [0.05, 0.1) is 29.4 Å². The highest BCUT2D eigenvalue weighted by atomic mass is 32.1. The molecule has 0 atom stereocenters. The zero-order valence-electron chi connectivity index (χ0n) is 18.9. The predicted octanol–water partition coefficient (Wildman–Crippen LogP) is 3.62. The van der Waals surface area contributed by atoms with E-state index in [0.29, 0.717) is 49.2 Å². The fourth-order valence-corrected chi connectivity index (χ4v) is 4.07. The number of aryl methyl sites for hydroxylation is 1. The molecule has 1 fully saturated rings. The van der Waals surface area contributed by atoms with Crippen LogP contribution >= 0.6 is 12.2 Å². The summed E-state index contributed by atoms with van der Waals surface area (Å²) >= 11 is 5.33. The van der Waals surface area contributed by atoms with Crippen molar-refractivity contribution in [3.63, 3.8) is 0 Å². The molecule has 0 unspecified atom stereocenters. The number of nitro groups is 1. The van der Waals surface area contributed by atoms with Crippen LogP contribution in [0.1, 0.15) is 21.7 Å². The highest BCUT2D eigenvalue weighted by Crippen LogP contribution is 2.29. The molecular weight excluding hydrogens is 472 g/mol. The average Bonchev–Trinajstić information content (AvgIpc) is 3.33. The Morgan fingerprint density at radius 2 is 1.94 bits per heavy atom. The number of carbonyl (C=O) groups is 1. The Kier molecular flexibility index (Phi) is 7.39. The second-order valence-corrected chi connectivity index (χ2v) is 8.33. The minimum absolute atomic E-state index is 0.0575. The number of nitro benzene ring substituents is 1. The van der Waals surface area contributed by atoms with Crippen LogP contribution in [0.5, 0.6) is 0 Å². The first kappa shape index (κ1) is 24.3. The number of benzene rings is 2. The lowest BCUT2D eigenvalue weighted by Gasteiger charge is -2.30. The van der Waals surface area contributed by atoms with Crippen LogP contribution in [-0.4, -0.2) is 47.4 Å². The molecule has 1 amide bonds. The number of hydrogen-bond acceptors (Lipinski definition) is 8. The van der Waals surface area contributed by atoms with Crippen LogP contribution in [0, 0.1) is 17.0 Å². The number of nitrogens with zero attached hydrogens (tertiary/aromatic N) is 2. The molecule has 0 spiro atoms. The van der Waals surface area contributed by atoms with Gasteiger partial charge in [0.2, 0.25) is 0 Å². The molecule has 0 bridgehead atoms. The first-order valence-electron chi connectivity index (χ1n) is 10.9. The lowest BCUT2D eigenvalue weighted by Crippen LogP contribution is -2.39. The molecular formula is C24H24N4O6S. The number of aliphatic hydroxyl groups is 1. The van der Waals surface area contributed by atoms with Crippen molar-refractivity contribution in [2.45, 2.75) is 13.5 Å². The molecule has 0 aliphatic carbocycles. The number of morpholine rings is 1. The maximum atomic E-state index is 13.1. The largest absolute Gasteiger partial charge is 0.459 e. The lowest BCUT2D eigenvalue weighted by molar-refractivity contribution is -0.384. The zero-order valence-corrected chi connectivity index (χ0v) is 19.8. The highest BCUT2D eigenvalue weighted by Gasteiger charge is 2.22. The summed E-state index contributed by atoms with van der Waals surface area (Å²) < 4.78 is 11.0. The number of non-ortho nitro benzene ring substituents is 1. The van der Waals surface area contributed by atoms with Gasteiger partial charge in [0.1, 0.15) is 18.1 Å². The number of carbonyl (C=O) groups excluding carboxylic acids is 1. The molecule has 2 heterocycles. The summed E-state index contributed by atoms with van der Waals surface area (Å²) in [6.45, 7) is 3.88. The first-order valence-corrected chi connectivity index (χ1v) is 11.3. The number of furan rings is 1. The van der Waals surface area contributed by atoms with E-state index in [4.69, 9.17) is 21.4 Å². The maximum absolute atomic E-state index is 13.1. The van der Waals surface area contributed by atoms with Crippen molar-refractivity contribution in [3.05, 3.63) is 75.5 Å². The Morgan fingerprint density at radius 1 is 1.17 bits per heavy atom. The Bertz CT molecular complexity index is 1270. The van der Waals surface area contributed by atoms with Gasteiger partial charge in [0.15, 0.2) is 5.11 Å². The highest BCUT2D eigenvalue weighted by molar-refractivity contribution is 7.80. The van der Waals surface area contributed by atoms with Gasteiger partial charge >= 0.3 is 0 Å². The molecule has 2 aromatic carbocycles. The molecule has 0 radical (unpaired) electrons. The van der Waals surface area contributed by atoms with Gasteiger partial charge < -0.3 is 24.5 Å². The number of anilines is 2. The standard InChI is InChI=1S/C24H24N4O6S/c1-15-12-16(2-5-19(15)22-7-4-18(14-29)34-22)25-24(35)26-23(30)20-13-17(28(31)32)3-6-21(20)27-8-10-33-11-9-27/h2-7,12-13,29H,8-11,14H2,1H3,(H2,25,26,30,35). The number of ether oxygens (including phenoxy) is 1. The number of rotatable bonds is 6. The van der Waals surface area contributed by atoms with Crippen molar-refractivity contribution in [2.24, 2.45) is 0 Å². The van der Waals surface area contributed by atoms with Gasteiger partial charge in [0, 0.05) is 36.5 Å². The second-order valence-electron chi connectivity index (χ2n) is 7.92. The van der Waals surface area contributed by atoms with Crippen LogP contribution < -0.4 is 15.5 Å². The summed E-state index contributed by atoms with van der Waals surface area (Å²) in [5.74, 6) is 0.562. The fraction of sp³-hybridized carbons (Fsp3) is 0.250. The van der Waals surface area contributed by atoms with Gasteiger partial charge in [-0.25, -0.2) is 0 Å². The molecule has 0 saturated carbocycles. The van der Waals surface area contributed by atoms with Crippen LogP contribution in [0.3, 0.4) is 0 Å². The van der Waals surface area contributed by atoms with E-state index in [2.05, 4.69) is 10.6 Å². The lowest BCUT2D eigenvalue weighted by atomic mass is 10.1. The summed E-state index contributed by atoms with van der Waals surface area (Å²) in [6, 6.07) is 13.2. The summed E-state index contributed by atoms with van der Waals surface area (Å²) in [6.07, 6.45) is 0. The van der Waals surface area contributed by atoms with Crippen molar-refractivity contribution in [1.82, 2.24) is 5.32 Å². The van der Waals surface area contributed by atoms with Gasteiger partial charge in [-0.1, -0.05) is 0 Å². The smallest absolute Gasteiger partial charge is 0.270 e. The second kappa shape index (κ2) is 10.6. The predicted molar refractivity (Wildman–Crippen MR) is 135 cm³/mol. The molecule has 35 heavy (non-hydrogen) atoms. The van der Waals surface area contributed by atoms with Gasteiger partial charge in [0.25, 0.3) is 11.6 Å². The third-order valence-corrected chi connectivity index (χ3v) is 5.79. The third-order valence-electron chi connectivity index (χ3n) is 5.58. The number of thiocarbonyl (C=S) groups is 1. The normalized spacial score (nSPS) is 13.4. The summed E-state index contributed by atoms with van der Waals surface area (Å²) in [7, 11) is 0. The molecule has 3 N–H and O–H groups in total. The molecule has 10 nitrogen and oxygen atoms in total. The molecule has 182 valence electrons. The maximum Gasteiger partial charge on any atom is 0.270 e. The van der Waals surface area contributed by atoms with Crippen molar-refractivity contribution >= 4 is 40.3 Å². The summed E-state index contributed by atoms with van der Waals surface area (Å²) in [4.78, 5) is 25.8. The van der Waals surface area contributed by atoms with Crippen LogP contribution in [0.2, 0.25) is 0 Å². The van der Waals surface area contributed by atoms with E-state index in [9.17, 15) is 20.0 Å². The molecule has 1 saturated heterocycles. The third kappa shape index (κ3) is 5.65. The molecule has 4 rings (SSSR count). The van der Waals surface area contributed by atoms with Gasteiger partial charge in [-0.3, -0.25) is 20.2 Å². The number of aliphatic hydroxyl groups excluding tert-OH is 1. The number of amides is 1. The average molecular weight is 497 g/mol. The van der Waals surface area contributed by atoms with Crippen molar-refractivity contribution in [2.75, 3.05) is 36.5 Å². The number of hydrogen-bond donors (Lipinski definition) is 3. The van der Waals surface area contributed by atoms with Gasteiger partial charge in [-0.15, -0.1) is 0 Å². The molecule has 11 heteroatoms. The van der Waals surface area contributed by atoms with E-state index in [1.165, 1.54) is 12.1 Å². The van der Waals surface area contributed by atoms with E-state index in [1.807, 2.05) is 24.0 Å². The topological polar surface area (TPSA) is 130 Å². The van der Waals surface area contributed by atoms with Gasteiger partial charge in [-0.2, -0.15) is 0 Å². The Hall–Kier alpha value is -3.80. The van der Waals surface area contributed by atoms with E-state index in [1.54, 1.807) is 24.3 Å². The first-order chi connectivity index (χ1) is 16.9. The Labute approximate surface area is 206 Å². The quantitative estimate of drug-likeness (QED) is 0.266. The van der Waals surface area contributed by atoms with E-state index < -0.39 is 10.8 Å². The van der Waals surface area contributed by atoms with Crippen molar-refractivity contribution < 1.29 is 24.0 Å².